The predicted octanol–water partition coefficient (Wildman–Crippen LogP) is 1.94. The molecule has 13 heavy (non-hydrogen) atoms. The maximum Gasteiger partial charge on any atom is 0.151 e. The van der Waals surface area contributed by atoms with Crippen LogP contribution in [0.5, 0.6) is 0 Å². The van der Waals surface area contributed by atoms with E-state index in [9.17, 15) is 9.90 Å². The largest absolute Gasteiger partial charge is 0.382 e. The van der Waals surface area contributed by atoms with Crippen molar-refractivity contribution in [2.75, 3.05) is 0 Å². The molecule has 0 saturated heterocycles. The fraction of sp³-hybridized carbons (Fsp3) is 0.300. The molecule has 2 nitrogen and oxygen atoms in total. The Morgan fingerprint density at radius 1 is 1.54 bits per heavy atom. The zero-order valence-electron chi connectivity index (χ0n) is 7.33. The van der Waals surface area contributed by atoms with E-state index >= 15 is 0 Å². The molecule has 70 valence electrons. The summed E-state index contributed by atoms with van der Waals surface area (Å²) in [7, 11) is 0. The molecule has 1 atom stereocenters. The van der Waals surface area contributed by atoms with Gasteiger partial charge in [0, 0.05) is 10.9 Å². The molecule has 0 aliphatic rings. The molecule has 0 heterocycles. The van der Waals surface area contributed by atoms with Crippen LogP contribution in [-0.2, 0) is 11.2 Å². The lowest BCUT2D eigenvalue weighted by molar-refractivity contribution is -0.122. The van der Waals surface area contributed by atoms with Crippen LogP contribution in [0, 0.1) is 0 Å². The van der Waals surface area contributed by atoms with Gasteiger partial charge in [-0.05, 0) is 18.6 Å². The van der Waals surface area contributed by atoms with Crippen molar-refractivity contribution >= 4 is 22.2 Å². The van der Waals surface area contributed by atoms with E-state index in [0.717, 1.165) is 10.0 Å². The molecule has 0 fully saturated rings. The highest BCUT2D eigenvalue weighted by atomic mass is 79.9. The lowest BCUT2D eigenvalue weighted by Crippen LogP contribution is -2.28. The second kappa shape index (κ2) is 4.03. The Labute approximate surface area is 85.7 Å². The summed E-state index contributed by atoms with van der Waals surface area (Å²) in [6.07, 6.45) is 0.893. The number of hydrogen-bond acceptors (Lipinski definition) is 2. The Hall–Kier alpha value is -0.670. The van der Waals surface area contributed by atoms with E-state index in [1.54, 1.807) is 0 Å². The van der Waals surface area contributed by atoms with Crippen LogP contribution in [0.2, 0.25) is 0 Å². The summed E-state index contributed by atoms with van der Waals surface area (Å²) < 4.78 is 0.914. The maximum atomic E-state index is 10.5. The average Bonchev–Trinajstić information content (AvgIpc) is 2.09. The highest BCUT2D eigenvalue weighted by molar-refractivity contribution is 9.10. The molecule has 0 spiro atoms. The van der Waals surface area contributed by atoms with Crippen molar-refractivity contribution in [2.24, 2.45) is 0 Å². The van der Waals surface area contributed by atoms with Gasteiger partial charge in [0.15, 0.2) is 6.29 Å². The Morgan fingerprint density at radius 3 is 2.69 bits per heavy atom. The molecule has 1 rings (SSSR count). The van der Waals surface area contributed by atoms with Crippen molar-refractivity contribution in [2.45, 2.75) is 18.9 Å². The average molecular weight is 243 g/mol. The van der Waals surface area contributed by atoms with E-state index in [-0.39, 0.29) is 0 Å². The lowest BCUT2D eigenvalue weighted by atomic mass is 9.98. The molecule has 0 aliphatic heterocycles. The minimum atomic E-state index is -1.27. The quantitative estimate of drug-likeness (QED) is 0.823. The molecule has 1 unspecified atom stereocenters. The molecule has 0 saturated carbocycles. The van der Waals surface area contributed by atoms with Crippen molar-refractivity contribution in [1.82, 2.24) is 0 Å². The number of benzene rings is 1. The van der Waals surface area contributed by atoms with Crippen molar-refractivity contribution in [3.8, 4) is 0 Å². The van der Waals surface area contributed by atoms with Crippen LogP contribution in [-0.4, -0.2) is 17.0 Å². The number of aldehydes is 1. The van der Waals surface area contributed by atoms with Crippen LogP contribution in [0.3, 0.4) is 0 Å². The summed E-state index contributed by atoms with van der Waals surface area (Å²) in [6.45, 7) is 1.50. The molecular formula is C10H11BrO2. The van der Waals surface area contributed by atoms with Crippen molar-refractivity contribution < 1.29 is 9.90 Å². The number of carbonyl (C=O) groups excluding carboxylic acids is 1. The molecule has 0 aromatic heterocycles. The van der Waals surface area contributed by atoms with Crippen LogP contribution >= 0.6 is 15.9 Å². The van der Waals surface area contributed by atoms with Gasteiger partial charge in [-0.2, -0.15) is 0 Å². The zero-order chi connectivity index (χ0) is 9.90. The lowest BCUT2D eigenvalue weighted by Gasteiger charge is -2.16. The Bertz CT molecular complexity index is 308. The number of halogens is 1. The number of carbonyl (C=O) groups is 1. The van der Waals surface area contributed by atoms with E-state index < -0.39 is 5.60 Å². The van der Waals surface area contributed by atoms with Gasteiger partial charge in [-0.1, -0.05) is 34.1 Å². The van der Waals surface area contributed by atoms with Gasteiger partial charge in [0.05, 0.1) is 0 Å². The van der Waals surface area contributed by atoms with Crippen LogP contribution in [0.25, 0.3) is 0 Å². The smallest absolute Gasteiger partial charge is 0.151 e. The third kappa shape index (κ3) is 2.94. The van der Waals surface area contributed by atoms with Gasteiger partial charge in [0.1, 0.15) is 5.60 Å². The SMILES string of the molecule is CC(O)(C=O)Cc1ccccc1Br. The van der Waals surface area contributed by atoms with Gasteiger partial charge >= 0.3 is 0 Å². The first-order valence-corrected chi connectivity index (χ1v) is 4.76. The molecule has 0 aliphatic carbocycles. The first-order chi connectivity index (χ1) is 6.05. The summed E-state index contributed by atoms with van der Waals surface area (Å²) in [6, 6.07) is 7.53. The number of aliphatic hydroxyl groups is 1. The second-order valence-corrected chi connectivity index (χ2v) is 4.10. The molecule has 0 amide bonds. The van der Waals surface area contributed by atoms with Gasteiger partial charge in [0.25, 0.3) is 0 Å². The second-order valence-electron chi connectivity index (χ2n) is 3.24. The maximum absolute atomic E-state index is 10.5. The number of rotatable bonds is 3. The van der Waals surface area contributed by atoms with Crippen LogP contribution in [0.1, 0.15) is 12.5 Å². The normalized spacial score (nSPS) is 15.0. The molecule has 0 radical (unpaired) electrons. The molecule has 1 N–H and O–H groups in total. The molecule has 0 bridgehead atoms. The van der Waals surface area contributed by atoms with E-state index in [1.165, 1.54) is 6.92 Å². The number of hydrogen-bond donors (Lipinski definition) is 1. The van der Waals surface area contributed by atoms with Gasteiger partial charge < -0.3 is 9.90 Å². The highest BCUT2D eigenvalue weighted by Gasteiger charge is 2.20. The minimum absolute atomic E-state index is 0.331. The van der Waals surface area contributed by atoms with Gasteiger partial charge in [-0.3, -0.25) is 0 Å². The van der Waals surface area contributed by atoms with E-state index in [4.69, 9.17) is 0 Å². The Morgan fingerprint density at radius 2 is 2.15 bits per heavy atom. The summed E-state index contributed by atoms with van der Waals surface area (Å²) in [5, 5.41) is 9.51. The summed E-state index contributed by atoms with van der Waals surface area (Å²) in [5.41, 5.74) is -0.344. The van der Waals surface area contributed by atoms with Gasteiger partial charge in [-0.15, -0.1) is 0 Å². The van der Waals surface area contributed by atoms with Gasteiger partial charge in [-0.25, -0.2) is 0 Å². The fourth-order valence-electron chi connectivity index (χ4n) is 1.07. The zero-order valence-corrected chi connectivity index (χ0v) is 8.91. The Balaban J connectivity index is 2.86. The summed E-state index contributed by atoms with van der Waals surface area (Å²) in [5.74, 6) is 0. The molecular weight excluding hydrogens is 232 g/mol. The van der Waals surface area contributed by atoms with E-state index in [2.05, 4.69) is 15.9 Å². The molecule has 1 aromatic carbocycles. The fourth-order valence-corrected chi connectivity index (χ4v) is 1.49. The minimum Gasteiger partial charge on any atom is -0.382 e. The Kier molecular flexibility index (Phi) is 3.22. The molecule has 1 aromatic rings. The standard InChI is InChI=1S/C10H11BrO2/c1-10(13,7-12)6-8-4-2-3-5-9(8)11/h2-5,7,13H,6H2,1H3. The van der Waals surface area contributed by atoms with E-state index in [1.807, 2.05) is 24.3 Å². The van der Waals surface area contributed by atoms with Gasteiger partial charge in [0.2, 0.25) is 0 Å². The summed E-state index contributed by atoms with van der Waals surface area (Å²) >= 11 is 3.35. The predicted molar refractivity (Wildman–Crippen MR) is 54.5 cm³/mol. The van der Waals surface area contributed by atoms with Crippen LogP contribution in [0.4, 0.5) is 0 Å². The van der Waals surface area contributed by atoms with Crippen molar-refractivity contribution in [3.05, 3.63) is 34.3 Å². The van der Waals surface area contributed by atoms with Crippen LogP contribution < -0.4 is 0 Å². The summed E-state index contributed by atoms with van der Waals surface area (Å²) in [4.78, 5) is 10.5. The third-order valence-corrected chi connectivity index (χ3v) is 2.53. The topological polar surface area (TPSA) is 37.3 Å². The monoisotopic (exact) mass is 242 g/mol. The van der Waals surface area contributed by atoms with E-state index in [0.29, 0.717) is 12.7 Å². The third-order valence-electron chi connectivity index (χ3n) is 1.76. The first-order valence-electron chi connectivity index (χ1n) is 3.97. The van der Waals surface area contributed by atoms with Crippen molar-refractivity contribution in [1.29, 1.82) is 0 Å². The highest BCUT2D eigenvalue weighted by Crippen LogP contribution is 2.20. The molecule has 3 heteroatoms. The first kappa shape index (κ1) is 10.4. The van der Waals surface area contributed by atoms with Crippen LogP contribution in [0.15, 0.2) is 28.7 Å². The van der Waals surface area contributed by atoms with Crippen molar-refractivity contribution in [3.63, 3.8) is 0 Å².